The number of nitrogens with one attached hydrogen (secondary N) is 1. The van der Waals surface area contributed by atoms with Gasteiger partial charge in [0.1, 0.15) is 5.82 Å². The summed E-state index contributed by atoms with van der Waals surface area (Å²) >= 11 is 0. The van der Waals surface area contributed by atoms with Crippen LogP contribution in [0.5, 0.6) is 0 Å². The van der Waals surface area contributed by atoms with E-state index in [4.69, 9.17) is 0 Å². The molecular weight excluding hydrogens is 346 g/mol. The van der Waals surface area contributed by atoms with E-state index in [9.17, 15) is 14.7 Å². The van der Waals surface area contributed by atoms with Gasteiger partial charge in [-0.3, -0.25) is 19.6 Å². The first kappa shape index (κ1) is 17.4. The number of aromatic nitrogens is 4. The number of carboxylic acids is 1. The predicted octanol–water partition coefficient (Wildman–Crippen LogP) is 1.33. The van der Waals surface area contributed by atoms with Gasteiger partial charge in [-0.1, -0.05) is 24.3 Å². The van der Waals surface area contributed by atoms with Crippen molar-refractivity contribution < 1.29 is 9.90 Å². The molecule has 0 saturated carbocycles. The molecule has 140 valence electrons. The van der Waals surface area contributed by atoms with Crippen LogP contribution in [-0.4, -0.2) is 48.6 Å². The van der Waals surface area contributed by atoms with Crippen molar-refractivity contribution in [3.05, 3.63) is 63.3 Å². The summed E-state index contributed by atoms with van der Waals surface area (Å²) in [5.74, 6) is -0.412. The van der Waals surface area contributed by atoms with E-state index < -0.39 is 11.9 Å². The molecule has 8 heteroatoms. The Kier molecular flexibility index (Phi) is 4.27. The minimum absolute atomic E-state index is 0.0823. The zero-order chi connectivity index (χ0) is 19.1. The Balaban J connectivity index is 1.61. The number of aliphatic carboxylic acids is 1. The lowest BCUT2D eigenvalue weighted by Gasteiger charge is -2.17. The molecule has 2 atom stereocenters. The number of benzene rings is 1. The number of aromatic amines is 1. The van der Waals surface area contributed by atoms with Crippen molar-refractivity contribution in [3.8, 4) is 0 Å². The van der Waals surface area contributed by atoms with Gasteiger partial charge in [0.25, 0.3) is 11.3 Å². The molecule has 1 saturated heterocycles. The zero-order valence-electron chi connectivity index (χ0n) is 15.2. The standard InChI is InChI=1S/C19H21N5O3/c1-11-5-3-4-6-14(11)15-9-23(10-16(15)18(26)27)8-13-7-17(25)24-19(21-13)20-12(2)22-24/h3-7,15-16H,8-10H2,1-2H3,(H,26,27)(H,20,21,22)/t15-,16+/m0/s1. The number of aryl methyl sites for hydroxylation is 2. The molecule has 4 rings (SSSR count). The van der Waals surface area contributed by atoms with Gasteiger partial charge in [-0.05, 0) is 25.0 Å². The molecule has 3 aromatic rings. The van der Waals surface area contributed by atoms with Crippen LogP contribution in [-0.2, 0) is 11.3 Å². The van der Waals surface area contributed by atoms with Crippen molar-refractivity contribution >= 4 is 11.7 Å². The highest BCUT2D eigenvalue weighted by Crippen LogP contribution is 2.35. The van der Waals surface area contributed by atoms with Gasteiger partial charge >= 0.3 is 5.97 Å². The van der Waals surface area contributed by atoms with Gasteiger partial charge in [-0.2, -0.15) is 9.50 Å². The second-order valence-electron chi connectivity index (χ2n) is 7.13. The van der Waals surface area contributed by atoms with Crippen molar-refractivity contribution in [3.63, 3.8) is 0 Å². The second-order valence-corrected chi connectivity index (χ2v) is 7.13. The monoisotopic (exact) mass is 367 g/mol. The molecule has 1 aliphatic heterocycles. The van der Waals surface area contributed by atoms with E-state index >= 15 is 0 Å². The van der Waals surface area contributed by atoms with E-state index in [2.05, 4.69) is 15.1 Å². The maximum atomic E-state index is 12.2. The maximum absolute atomic E-state index is 12.2. The highest BCUT2D eigenvalue weighted by atomic mass is 16.4. The second kappa shape index (κ2) is 6.62. The van der Waals surface area contributed by atoms with E-state index in [-0.39, 0.29) is 11.5 Å². The summed E-state index contributed by atoms with van der Waals surface area (Å²) in [6.45, 7) is 5.23. The summed E-state index contributed by atoms with van der Waals surface area (Å²) in [5.41, 5.74) is 2.54. The average Bonchev–Trinajstić information content (AvgIpc) is 3.19. The molecule has 1 aliphatic rings. The van der Waals surface area contributed by atoms with Crippen molar-refractivity contribution in [1.82, 2.24) is 24.5 Å². The van der Waals surface area contributed by atoms with Gasteiger partial charge in [0.2, 0.25) is 0 Å². The first-order valence-corrected chi connectivity index (χ1v) is 8.88. The van der Waals surface area contributed by atoms with Crippen LogP contribution < -0.4 is 5.56 Å². The van der Waals surface area contributed by atoms with E-state index in [1.807, 2.05) is 36.1 Å². The van der Waals surface area contributed by atoms with Crippen LogP contribution in [0.1, 0.15) is 28.6 Å². The Morgan fingerprint density at radius 2 is 2.04 bits per heavy atom. The summed E-state index contributed by atoms with van der Waals surface area (Å²) in [6.07, 6.45) is 0. The lowest BCUT2D eigenvalue weighted by molar-refractivity contribution is -0.141. The molecule has 2 N–H and O–H groups in total. The van der Waals surface area contributed by atoms with Crippen molar-refractivity contribution in [2.75, 3.05) is 13.1 Å². The minimum atomic E-state index is -0.794. The minimum Gasteiger partial charge on any atom is -0.481 e. The van der Waals surface area contributed by atoms with Crippen LogP contribution in [0.2, 0.25) is 0 Å². The number of fused-ring (bicyclic) bond motifs is 1. The third kappa shape index (κ3) is 3.23. The number of carboxylic acid groups (broad SMARTS) is 1. The molecule has 0 bridgehead atoms. The van der Waals surface area contributed by atoms with Crippen LogP contribution in [0.4, 0.5) is 0 Å². The highest BCUT2D eigenvalue weighted by molar-refractivity contribution is 5.72. The molecule has 3 heterocycles. The number of likely N-dealkylation sites (tertiary alicyclic amines) is 1. The molecule has 8 nitrogen and oxygen atoms in total. The molecule has 0 spiro atoms. The predicted molar refractivity (Wildman–Crippen MR) is 98.7 cm³/mol. The van der Waals surface area contributed by atoms with Gasteiger partial charge in [-0.25, -0.2) is 4.98 Å². The largest absolute Gasteiger partial charge is 0.481 e. The number of nitrogens with zero attached hydrogens (tertiary/aromatic N) is 4. The quantitative estimate of drug-likeness (QED) is 0.721. The van der Waals surface area contributed by atoms with Crippen molar-refractivity contribution in [1.29, 1.82) is 0 Å². The SMILES string of the molecule is Cc1nc2nc(CN3C[C@@H](C(=O)O)[C@H](c4ccccc4C)C3)cc(=O)n2[nH]1. The first-order valence-electron chi connectivity index (χ1n) is 8.88. The van der Waals surface area contributed by atoms with Crippen LogP contribution >= 0.6 is 0 Å². The van der Waals surface area contributed by atoms with Crippen molar-refractivity contribution in [2.24, 2.45) is 5.92 Å². The summed E-state index contributed by atoms with van der Waals surface area (Å²) in [5, 5.41) is 12.5. The number of hydrogen-bond donors (Lipinski definition) is 2. The van der Waals surface area contributed by atoms with E-state index in [1.54, 1.807) is 6.92 Å². The number of H-pyrrole nitrogens is 1. The highest BCUT2D eigenvalue weighted by Gasteiger charge is 2.39. The normalized spacial score (nSPS) is 20.4. The van der Waals surface area contributed by atoms with Gasteiger partial charge in [0.05, 0.1) is 11.6 Å². The van der Waals surface area contributed by atoms with Gasteiger partial charge in [-0.15, -0.1) is 0 Å². The fourth-order valence-electron chi connectivity index (χ4n) is 3.93. The van der Waals surface area contributed by atoms with E-state index in [0.717, 1.165) is 11.1 Å². The molecule has 1 aromatic carbocycles. The van der Waals surface area contributed by atoms with E-state index in [0.29, 0.717) is 36.9 Å². The van der Waals surface area contributed by atoms with Crippen molar-refractivity contribution in [2.45, 2.75) is 26.3 Å². The molecule has 27 heavy (non-hydrogen) atoms. The fraction of sp³-hybridized carbons (Fsp3) is 0.368. The van der Waals surface area contributed by atoms with Gasteiger partial charge in [0, 0.05) is 31.6 Å². The van der Waals surface area contributed by atoms with Crippen LogP contribution in [0.3, 0.4) is 0 Å². The zero-order valence-corrected chi connectivity index (χ0v) is 15.2. The Bertz CT molecular complexity index is 1070. The molecule has 1 fully saturated rings. The maximum Gasteiger partial charge on any atom is 0.308 e. The van der Waals surface area contributed by atoms with Crippen LogP contribution in [0, 0.1) is 19.8 Å². The summed E-state index contributed by atoms with van der Waals surface area (Å²) in [4.78, 5) is 34.7. The lowest BCUT2D eigenvalue weighted by atomic mass is 9.86. The average molecular weight is 367 g/mol. The van der Waals surface area contributed by atoms with E-state index in [1.165, 1.54) is 10.6 Å². The summed E-state index contributed by atoms with van der Waals surface area (Å²) in [6, 6.07) is 9.39. The third-order valence-electron chi connectivity index (χ3n) is 5.18. The molecule has 0 radical (unpaired) electrons. The number of carbonyl (C=O) groups is 1. The Hall–Kier alpha value is -3.00. The van der Waals surface area contributed by atoms with Gasteiger partial charge in [0.15, 0.2) is 0 Å². The molecule has 2 aromatic heterocycles. The molecule has 0 aliphatic carbocycles. The van der Waals surface area contributed by atoms with Crippen LogP contribution in [0.25, 0.3) is 5.78 Å². The fourth-order valence-corrected chi connectivity index (χ4v) is 3.93. The Morgan fingerprint density at radius 1 is 1.26 bits per heavy atom. The molecule has 0 amide bonds. The Labute approximate surface area is 155 Å². The van der Waals surface area contributed by atoms with Gasteiger partial charge < -0.3 is 5.11 Å². The molecular formula is C19H21N5O3. The molecule has 0 unspecified atom stereocenters. The Morgan fingerprint density at radius 3 is 2.78 bits per heavy atom. The number of rotatable bonds is 4. The van der Waals surface area contributed by atoms with Crippen LogP contribution in [0.15, 0.2) is 35.1 Å². The summed E-state index contributed by atoms with van der Waals surface area (Å²) < 4.78 is 1.30. The lowest BCUT2D eigenvalue weighted by Crippen LogP contribution is -2.25. The number of hydrogen-bond acceptors (Lipinski definition) is 5. The smallest absolute Gasteiger partial charge is 0.308 e. The first-order chi connectivity index (χ1) is 12.9. The third-order valence-corrected chi connectivity index (χ3v) is 5.18. The summed E-state index contributed by atoms with van der Waals surface area (Å²) in [7, 11) is 0. The topological polar surface area (TPSA) is 104 Å².